The van der Waals surface area contributed by atoms with Crippen molar-refractivity contribution in [3.63, 3.8) is 0 Å². The lowest BCUT2D eigenvalue weighted by Gasteiger charge is -2.49. The van der Waals surface area contributed by atoms with Gasteiger partial charge in [0.1, 0.15) is 0 Å². The third kappa shape index (κ3) is 4.16. The molecule has 0 saturated heterocycles. The molecule has 1 saturated carbocycles. The van der Waals surface area contributed by atoms with Crippen LogP contribution in [0.3, 0.4) is 0 Å². The molecule has 3 unspecified atom stereocenters. The molecular weight excluding hydrogens is 350 g/mol. The maximum absolute atomic E-state index is 11.2. The van der Waals surface area contributed by atoms with Crippen molar-refractivity contribution >= 4 is 11.9 Å². The van der Waals surface area contributed by atoms with Crippen LogP contribution in [0.4, 0.5) is 0 Å². The molecule has 3 N–H and O–H groups in total. The van der Waals surface area contributed by atoms with Crippen molar-refractivity contribution in [3.8, 4) is 0 Å². The highest BCUT2D eigenvalue weighted by molar-refractivity contribution is 5.88. The molecule has 0 heterocycles. The summed E-state index contributed by atoms with van der Waals surface area (Å²) in [6.45, 7) is 4.46. The van der Waals surface area contributed by atoms with Gasteiger partial charge in [-0.2, -0.15) is 0 Å². The van der Waals surface area contributed by atoms with Crippen LogP contribution in [0.5, 0.6) is 0 Å². The highest BCUT2D eigenvalue weighted by Gasteiger charge is 2.48. The summed E-state index contributed by atoms with van der Waals surface area (Å²) in [5.74, 6) is 1.22. The van der Waals surface area contributed by atoms with Crippen LogP contribution in [-0.2, 0) is 11.2 Å². The van der Waals surface area contributed by atoms with E-state index in [-0.39, 0.29) is 5.91 Å². The van der Waals surface area contributed by atoms with Crippen LogP contribution in [0, 0.1) is 17.3 Å². The van der Waals surface area contributed by atoms with E-state index in [1.807, 2.05) is 13.0 Å². The van der Waals surface area contributed by atoms with E-state index in [4.69, 9.17) is 10.8 Å². The van der Waals surface area contributed by atoms with Gasteiger partial charge in [0, 0.05) is 6.42 Å². The summed E-state index contributed by atoms with van der Waals surface area (Å²) < 4.78 is 0. The Morgan fingerprint density at radius 2 is 2.07 bits per heavy atom. The molecule has 28 heavy (non-hydrogen) atoms. The van der Waals surface area contributed by atoms with Crippen LogP contribution in [0.25, 0.3) is 0 Å². The van der Waals surface area contributed by atoms with Crippen molar-refractivity contribution in [1.82, 2.24) is 0 Å². The molecule has 4 rings (SSSR count). The number of hydrogen-bond acceptors (Lipinski definition) is 2. The number of primary amides is 1. The third-order valence-corrected chi connectivity index (χ3v) is 7.08. The number of fused-ring (bicyclic) bond motifs is 5. The molecule has 0 bridgehead atoms. The monoisotopic (exact) mass is 383 g/mol. The number of unbranched alkanes of at least 4 members (excludes halogenated alkanes) is 1. The van der Waals surface area contributed by atoms with Crippen LogP contribution in [-0.4, -0.2) is 17.0 Å². The summed E-state index contributed by atoms with van der Waals surface area (Å²) >= 11 is 0. The minimum atomic E-state index is -0.809. The van der Waals surface area contributed by atoms with Crippen LogP contribution in [0.1, 0.15) is 86.2 Å². The number of carboxylic acids is 1. The summed E-state index contributed by atoms with van der Waals surface area (Å²) in [6, 6.07) is 5.81. The fourth-order valence-electron chi connectivity index (χ4n) is 5.55. The first-order chi connectivity index (χ1) is 13.4. The number of aromatic carboxylic acids is 1. The number of amides is 1. The van der Waals surface area contributed by atoms with E-state index < -0.39 is 5.97 Å². The molecule has 3 aliphatic carbocycles. The van der Waals surface area contributed by atoms with Crippen molar-refractivity contribution in [2.45, 2.75) is 71.1 Å². The van der Waals surface area contributed by atoms with E-state index in [1.54, 1.807) is 6.07 Å². The molecule has 0 radical (unpaired) electrons. The first kappa shape index (κ1) is 20.6. The predicted molar refractivity (Wildman–Crippen MR) is 111 cm³/mol. The lowest BCUT2D eigenvalue weighted by atomic mass is 9.56. The number of rotatable bonds is 4. The standard InChI is InChI=1S/C19H22O2.C5H11NO/c1-19-9-2-3-17(19)16-7-4-12-11-13(18(20)21)5-6-14(12)15(16)8-10-19;1-2-3-4-5(6)7/h2,5-6,9,11,15-17H,3-4,7-8,10H2,1H3,(H,20,21);2-4H2,1H3,(H2,6,7)/t15?,16?,17?,19-;/m0./s1. The molecule has 1 fully saturated rings. The summed E-state index contributed by atoms with van der Waals surface area (Å²) in [7, 11) is 0. The van der Waals surface area contributed by atoms with Crippen LogP contribution >= 0.6 is 0 Å². The molecule has 3 aliphatic rings. The molecule has 4 nitrogen and oxygen atoms in total. The van der Waals surface area contributed by atoms with Gasteiger partial charge in [0.15, 0.2) is 0 Å². The van der Waals surface area contributed by atoms with E-state index in [1.165, 1.54) is 36.8 Å². The molecule has 152 valence electrons. The van der Waals surface area contributed by atoms with E-state index >= 15 is 0 Å². The molecule has 4 atom stereocenters. The topological polar surface area (TPSA) is 80.4 Å². The second-order valence-corrected chi connectivity index (χ2v) is 8.89. The number of nitrogens with two attached hydrogens (primary N) is 1. The molecule has 1 aromatic rings. The van der Waals surface area contributed by atoms with Crippen molar-refractivity contribution in [2.75, 3.05) is 0 Å². The van der Waals surface area contributed by atoms with Gasteiger partial charge in [-0.25, -0.2) is 4.79 Å². The van der Waals surface area contributed by atoms with E-state index in [0.717, 1.165) is 31.1 Å². The van der Waals surface area contributed by atoms with Gasteiger partial charge in [-0.05, 0) is 85.0 Å². The first-order valence-corrected chi connectivity index (χ1v) is 10.7. The van der Waals surface area contributed by atoms with Gasteiger partial charge in [-0.3, -0.25) is 4.79 Å². The molecule has 0 aliphatic heterocycles. The Kier molecular flexibility index (Phi) is 6.26. The number of benzene rings is 1. The molecule has 0 spiro atoms. The number of aryl methyl sites for hydroxylation is 1. The van der Waals surface area contributed by atoms with Gasteiger partial charge in [0.25, 0.3) is 0 Å². The zero-order chi connectivity index (χ0) is 20.3. The highest BCUT2D eigenvalue weighted by atomic mass is 16.4. The first-order valence-electron chi connectivity index (χ1n) is 10.7. The Morgan fingerprint density at radius 3 is 2.71 bits per heavy atom. The molecular formula is C24H33NO3. The van der Waals surface area contributed by atoms with Gasteiger partial charge in [-0.1, -0.05) is 38.5 Å². The summed E-state index contributed by atoms with van der Waals surface area (Å²) in [5.41, 5.74) is 8.41. The Bertz CT molecular complexity index is 769. The Balaban J connectivity index is 0.000000279. The van der Waals surface area contributed by atoms with Crippen molar-refractivity contribution in [3.05, 3.63) is 47.0 Å². The molecule has 1 aromatic carbocycles. The van der Waals surface area contributed by atoms with Crippen LogP contribution in [0.2, 0.25) is 0 Å². The molecule has 4 heteroatoms. The predicted octanol–water partition coefficient (Wildman–Crippen LogP) is 5.07. The normalized spacial score (nSPS) is 29.7. The van der Waals surface area contributed by atoms with Crippen LogP contribution < -0.4 is 5.73 Å². The molecule has 0 aromatic heterocycles. The fourth-order valence-corrected chi connectivity index (χ4v) is 5.55. The van der Waals surface area contributed by atoms with Crippen molar-refractivity contribution in [1.29, 1.82) is 0 Å². The number of carbonyl (C=O) groups excluding carboxylic acids is 1. The van der Waals surface area contributed by atoms with E-state index in [2.05, 4.69) is 25.1 Å². The van der Waals surface area contributed by atoms with Crippen LogP contribution in [0.15, 0.2) is 30.4 Å². The fraction of sp³-hybridized carbons (Fsp3) is 0.583. The summed E-state index contributed by atoms with van der Waals surface area (Å²) in [6.07, 6.45) is 13.4. The minimum absolute atomic E-state index is 0.193. The van der Waals surface area contributed by atoms with Gasteiger partial charge in [0.05, 0.1) is 5.56 Å². The second kappa shape index (κ2) is 8.50. The largest absolute Gasteiger partial charge is 0.478 e. The maximum atomic E-state index is 11.2. The molecule has 1 amide bonds. The summed E-state index contributed by atoms with van der Waals surface area (Å²) in [5, 5.41) is 9.17. The SMILES string of the molecule is CCCCC(N)=O.C[C@@]12C=CCC1C1CCc3cc(C(=O)O)ccc3C1CC2. The Morgan fingerprint density at radius 1 is 1.29 bits per heavy atom. The van der Waals surface area contributed by atoms with Crippen molar-refractivity contribution < 1.29 is 14.7 Å². The Hall–Kier alpha value is -2.10. The second-order valence-electron chi connectivity index (χ2n) is 8.89. The number of carboxylic acid groups (broad SMARTS) is 1. The minimum Gasteiger partial charge on any atom is -0.478 e. The number of hydrogen-bond donors (Lipinski definition) is 2. The zero-order valence-corrected chi connectivity index (χ0v) is 17.1. The summed E-state index contributed by atoms with van der Waals surface area (Å²) in [4.78, 5) is 21.1. The third-order valence-electron chi connectivity index (χ3n) is 7.08. The average molecular weight is 384 g/mol. The van der Waals surface area contributed by atoms with Gasteiger partial charge in [0.2, 0.25) is 5.91 Å². The van der Waals surface area contributed by atoms with E-state index in [9.17, 15) is 9.59 Å². The van der Waals surface area contributed by atoms with E-state index in [0.29, 0.717) is 23.3 Å². The van der Waals surface area contributed by atoms with Gasteiger partial charge < -0.3 is 10.8 Å². The maximum Gasteiger partial charge on any atom is 0.335 e. The highest BCUT2D eigenvalue weighted by Crippen LogP contribution is 2.58. The average Bonchev–Trinajstić information content (AvgIpc) is 3.08. The van der Waals surface area contributed by atoms with Gasteiger partial charge in [-0.15, -0.1) is 0 Å². The lowest BCUT2D eigenvalue weighted by molar-refractivity contribution is -0.118. The quantitative estimate of drug-likeness (QED) is 0.712. The number of carbonyl (C=O) groups is 2. The van der Waals surface area contributed by atoms with Crippen molar-refractivity contribution in [2.24, 2.45) is 23.0 Å². The smallest absolute Gasteiger partial charge is 0.335 e. The van der Waals surface area contributed by atoms with Gasteiger partial charge >= 0.3 is 5.97 Å². The Labute approximate surface area is 168 Å². The lowest BCUT2D eigenvalue weighted by Crippen LogP contribution is -2.39. The zero-order valence-electron chi connectivity index (χ0n) is 17.1. The number of allylic oxidation sites excluding steroid dienone is 2.